The summed E-state index contributed by atoms with van der Waals surface area (Å²) in [5, 5.41) is 8.19. The van der Waals surface area contributed by atoms with Gasteiger partial charge in [0.05, 0.1) is 0 Å². The number of hydrogen-bond acceptors (Lipinski definition) is 3. The minimum Gasteiger partial charge on any atom is -0.473 e. The highest BCUT2D eigenvalue weighted by Crippen LogP contribution is 2.00. The molecule has 1 aromatic rings. The number of ether oxygens (including phenoxy) is 1. The van der Waals surface area contributed by atoms with Crippen LogP contribution in [-0.2, 0) is 20.9 Å². The minimum absolute atomic E-state index is 0. The van der Waals surface area contributed by atoms with Gasteiger partial charge in [-0.1, -0.05) is 30.3 Å². The summed E-state index contributed by atoms with van der Waals surface area (Å²) in [5.41, 5.74) is 0.761. The van der Waals surface area contributed by atoms with Crippen molar-refractivity contribution in [3.63, 3.8) is 0 Å². The number of carbonyl (C=O) groups is 2. The Kier molecular flexibility index (Phi) is 5.33. The molecule has 0 fully saturated rings. The number of halogens is 1. The SMILES string of the molecule is Cl.O=C(O)C(=O)OCc1ccccc1. The predicted molar refractivity (Wildman–Crippen MR) is 51.1 cm³/mol. The number of esters is 1. The van der Waals surface area contributed by atoms with E-state index in [1.807, 2.05) is 6.07 Å². The molecule has 1 rings (SSSR count). The fourth-order valence-electron chi connectivity index (χ4n) is 0.785. The third-order valence-corrected chi connectivity index (χ3v) is 1.39. The molecule has 0 heterocycles. The number of carboxylic acid groups (broad SMARTS) is 1. The van der Waals surface area contributed by atoms with Crippen molar-refractivity contribution < 1.29 is 19.4 Å². The van der Waals surface area contributed by atoms with Crippen LogP contribution in [0, 0.1) is 0 Å². The molecule has 0 aromatic heterocycles. The van der Waals surface area contributed by atoms with Crippen molar-refractivity contribution in [2.75, 3.05) is 0 Å². The molecule has 0 aliphatic heterocycles. The molecule has 14 heavy (non-hydrogen) atoms. The molecule has 4 nitrogen and oxygen atoms in total. The molecular formula is C9H9ClO4. The van der Waals surface area contributed by atoms with Crippen LogP contribution in [0.2, 0.25) is 0 Å². The van der Waals surface area contributed by atoms with E-state index in [2.05, 4.69) is 4.74 Å². The van der Waals surface area contributed by atoms with E-state index in [-0.39, 0.29) is 19.0 Å². The van der Waals surface area contributed by atoms with E-state index in [4.69, 9.17) is 5.11 Å². The van der Waals surface area contributed by atoms with Crippen molar-refractivity contribution in [2.45, 2.75) is 6.61 Å². The van der Waals surface area contributed by atoms with Gasteiger partial charge in [-0.3, -0.25) is 0 Å². The van der Waals surface area contributed by atoms with Crippen molar-refractivity contribution in [3.8, 4) is 0 Å². The molecule has 0 aliphatic rings. The van der Waals surface area contributed by atoms with Gasteiger partial charge in [0.15, 0.2) is 0 Å². The molecule has 0 atom stereocenters. The summed E-state index contributed by atoms with van der Waals surface area (Å²) in [6, 6.07) is 8.88. The van der Waals surface area contributed by atoms with Crippen molar-refractivity contribution in [2.24, 2.45) is 0 Å². The highest BCUT2D eigenvalue weighted by atomic mass is 35.5. The van der Waals surface area contributed by atoms with Crippen molar-refractivity contribution in [1.82, 2.24) is 0 Å². The molecule has 0 spiro atoms. The number of aliphatic carboxylic acids is 1. The van der Waals surface area contributed by atoms with Crippen molar-refractivity contribution in [1.29, 1.82) is 0 Å². The Morgan fingerprint density at radius 2 is 1.79 bits per heavy atom. The molecular weight excluding hydrogens is 208 g/mol. The third kappa shape index (κ3) is 3.91. The van der Waals surface area contributed by atoms with E-state index >= 15 is 0 Å². The lowest BCUT2D eigenvalue weighted by molar-refractivity contribution is -0.164. The second-order valence-electron chi connectivity index (χ2n) is 2.37. The number of carboxylic acids is 1. The normalized spacial score (nSPS) is 8.57. The van der Waals surface area contributed by atoms with Gasteiger partial charge in [0.25, 0.3) is 0 Å². The summed E-state index contributed by atoms with van der Waals surface area (Å²) in [4.78, 5) is 20.5. The summed E-state index contributed by atoms with van der Waals surface area (Å²) < 4.78 is 4.45. The van der Waals surface area contributed by atoms with Crippen LogP contribution in [0.4, 0.5) is 0 Å². The van der Waals surface area contributed by atoms with Crippen LogP contribution >= 0.6 is 12.4 Å². The van der Waals surface area contributed by atoms with E-state index in [0.717, 1.165) is 5.56 Å². The van der Waals surface area contributed by atoms with Crippen LogP contribution in [0.15, 0.2) is 30.3 Å². The van der Waals surface area contributed by atoms with Crippen LogP contribution in [0.1, 0.15) is 5.56 Å². The quantitative estimate of drug-likeness (QED) is 0.597. The Morgan fingerprint density at radius 3 is 2.29 bits per heavy atom. The number of hydrogen-bond donors (Lipinski definition) is 1. The van der Waals surface area contributed by atoms with Gasteiger partial charge in [-0.25, -0.2) is 9.59 Å². The van der Waals surface area contributed by atoms with Crippen LogP contribution in [0.3, 0.4) is 0 Å². The standard InChI is InChI=1S/C9H8O4.ClH/c10-8(11)9(12)13-6-7-4-2-1-3-5-7;/h1-5H,6H2,(H,10,11);1H. The zero-order valence-electron chi connectivity index (χ0n) is 7.17. The van der Waals surface area contributed by atoms with Crippen molar-refractivity contribution >= 4 is 24.3 Å². The summed E-state index contributed by atoms with van der Waals surface area (Å²) in [7, 11) is 0. The van der Waals surface area contributed by atoms with Crippen LogP contribution in [0.25, 0.3) is 0 Å². The second-order valence-corrected chi connectivity index (χ2v) is 2.37. The van der Waals surface area contributed by atoms with Gasteiger partial charge >= 0.3 is 11.9 Å². The maximum atomic E-state index is 10.5. The maximum absolute atomic E-state index is 10.5. The van der Waals surface area contributed by atoms with Crippen LogP contribution in [-0.4, -0.2) is 17.0 Å². The number of carbonyl (C=O) groups excluding carboxylic acids is 1. The molecule has 1 aromatic carbocycles. The van der Waals surface area contributed by atoms with Gasteiger partial charge in [-0.15, -0.1) is 12.4 Å². The average molecular weight is 217 g/mol. The zero-order valence-corrected chi connectivity index (χ0v) is 7.99. The molecule has 0 amide bonds. The highest BCUT2D eigenvalue weighted by Gasteiger charge is 2.11. The van der Waals surface area contributed by atoms with Gasteiger partial charge in [-0.05, 0) is 5.56 Å². The molecule has 0 saturated heterocycles. The molecule has 0 bridgehead atoms. The maximum Gasteiger partial charge on any atom is 0.417 e. The molecule has 76 valence electrons. The predicted octanol–water partition coefficient (Wildman–Crippen LogP) is 1.24. The van der Waals surface area contributed by atoms with E-state index in [0.29, 0.717) is 0 Å². The molecule has 0 aliphatic carbocycles. The molecule has 1 N–H and O–H groups in total. The molecule has 0 unspecified atom stereocenters. The Morgan fingerprint density at radius 1 is 1.21 bits per heavy atom. The summed E-state index contributed by atoms with van der Waals surface area (Å²) in [5.74, 6) is -2.81. The van der Waals surface area contributed by atoms with Crippen molar-refractivity contribution in [3.05, 3.63) is 35.9 Å². The topological polar surface area (TPSA) is 63.6 Å². The zero-order chi connectivity index (χ0) is 9.68. The summed E-state index contributed by atoms with van der Waals surface area (Å²) in [6.45, 7) is -0.00796. The van der Waals surface area contributed by atoms with Gasteiger partial charge in [0.1, 0.15) is 6.61 Å². The van der Waals surface area contributed by atoms with Gasteiger partial charge in [0, 0.05) is 0 Å². The first-order valence-corrected chi connectivity index (χ1v) is 3.64. The van der Waals surface area contributed by atoms with Crippen LogP contribution in [0.5, 0.6) is 0 Å². The number of benzene rings is 1. The smallest absolute Gasteiger partial charge is 0.417 e. The minimum atomic E-state index is -1.57. The lowest BCUT2D eigenvalue weighted by atomic mass is 10.2. The average Bonchev–Trinajstić information content (AvgIpc) is 2.15. The van der Waals surface area contributed by atoms with E-state index in [9.17, 15) is 9.59 Å². The lowest BCUT2D eigenvalue weighted by Gasteiger charge is -2.00. The fraction of sp³-hybridized carbons (Fsp3) is 0.111. The first-order chi connectivity index (χ1) is 6.20. The van der Waals surface area contributed by atoms with Crippen LogP contribution < -0.4 is 0 Å². The molecule has 0 saturated carbocycles. The third-order valence-electron chi connectivity index (χ3n) is 1.39. The fourth-order valence-corrected chi connectivity index (χ4v) is 0.785. The van der Waals surface area contributed by atoms with Gasteiger partial charge in [0.2, 0.25) is 0 Å². The van der Waals surface area contributed by atoms with Gasteiger partial charge in [-0.2, -0.15) is 0 Å². The molecule has 0 radical (unpaired) electrons. The van der Waals surface area contributed by atoms with Gasteiger partial charge < -0.3 is 9.84 Å². The first-order valence-electron chi connectivity index (χ1n) is 3.64. The van der Waals surface area contributed by atoms with E-state index in [1.165, 1.54) is 0 Å². The number of rotatable bonds is 2. The Labute approximate surface area is 86.9 Å². The monoisotopic (exact) mass is 216 g/mol. The summed E-state index contributed by atoms with van der Waals surface area (Å²) >= 11 is 0. The van der Waals surface area contributed by atoms with E-state index in [1.54, 1.807) is 24.3 Å². The van der Waals surface area contributed by atoms with E-state index < -0.39 is 11.9 Å². The first kappa shape index (κ1) is 12.4. The second kappa shape index (κ2) is 5.99. The largest absolute Gasteiger partial charge is 0.473 e. The highest BCUT2D eigenvalue weighted by molar-refractivity contribution is 6.28. The Bertz CT molecular complexity index is 310. The Balaban J connectivity index is 0.00000169. The summed E-state index contributed by atoms with van der Waals surface area (Å²) in [6.07, 6.45) is 0. The lowest BCUT2D eigenvalue weighted by Crippen LogP contribution is -2.15. The Hall–Kier alpha value is -1.55. The molecule has 5 heteroatoms.